The highest BCUT2D eigenvalue weighted by Crippen LogP contribution is 2.13. The van der Waals surface area contributed by atoms with Gasteiger partial charge in [-0.1, -0.05) is 218 Å². The molecule has 0 aliphatic rings. The Morgan fingerprint density at radius 2 is 0.563 bits per heavy atom. The topological polar surface area (TPSA) is 78.9 Å². The highest BCUT2D eigenvalue weighted by molar-refractivity contribution is 5.71. The Morgan fingerprint density at radius 1 is 0.296 bits per heavy atom. The lowest BCUT2D eigenvalue weighted by Crippen LogP contribution is -2.30. The zero-order valence-electron chi connectivity index (χ0n) is 45.4. The van der Waals surface area contributed by atoms with Crippen molar-refractivity contribution in [3.05, 3.63) is 146 Å². The molecule has 0 bridgehead atoms. The molecule has 0 aliphatic heterocycles. The summed E-state index contributed by atoms with van der Waals surface area (Å²) in [5.41, 5.74) is 0. The number of carbonyl (C=O) groups is 3. The van der Waals surface area contributed by atoms with Crippen LogP contribution in [-0.2, 0) is 28.6 Å². The predicted octanol–water partition coefficient (Wildman–Crippen LogP) is 19.2. The molecule has 0 aromatic rings. The van der Waals surface area contributed by atoms with Crippen LogP contribution in [0.25, 0.3) is 0 Å². The minimum atomic E-state index is -0.832. The van der Waals surface area contributed by atoms with E-state index in [1.807, 2.05) is 0 Å². The van der Waals surface area contributed by atoms with Crippen LogP contribution < -0.4 is 0 Å². The van der Waals surface area contributed by atoms with Crippen molar-refractivity contribution in [2.24, 2.45) is 0 Å². The quantitative estimate of drug-likeness (QED) is 0.0262. The lowest BCUT2D eigenvalue weighted by molar-refractivity contribution is -0.167. The van der Waals surface area contributed by atoms with Crippen molar-refractivity contribution in [1.82, 2.24) is 0 Å². The molecule has 71 heavy (non-hydrogen) atoms. The summed E-state index contributed by atoms with van der Waals surface area (Å²) in [5, 5.41) is 0. The number of hydrogen-bond donors (Lipinski definition) is 0. The maximum Gasteiger partial charge on any atom is 0.306 e. The first-order valence-corrected chi connectivity index (χ1v) is 28.3. The van der Waals surface area contributed by atoms with Crippen LogP contribution in [0.1, 0.15) is 226 Å². The van der Waals surface area contributed by atoms with Gasteiger partial charge in [-0.25, -0.2) is 0 Å². The fourth-order valence-electron chi connectivity index (χ4n) is 7.12. The maximum absolute atomic E-state index is 12.8. The monoisotopic (exact) mass is 979 g/mol. The van der Waals surface area contributed by atoms with E-state index in [0.717, 1.165) is 128 Å². The van der Waals surface area contributed by atoms with Gasteiger partial charge < -0.3 is 14.2 Å². The molecule has 6 nitrogen and oxygen atoms in total. The third kappa shape index (κ3) is 56.1. The van der Waals surface area contributed by atoms with Crippen molar-refractivity contribution in [1.29, 1.82) is 0 Å². The van der Waals surface area contributed by atoms with Gasteiger partial charge in [-0.15, -0.1) is 0 Å². The Bertz CT molecular complexity index is 1590. The molecule has 0 unspecified atom stereocenters. The second kappa shape index (κ2) is 57.9. The second-order valence-electron chi connectivity index (χ2n) is 18.1. The highest BCUT2D eigenvalue weighted by atomic mass is 16.6. The van der Waals surface area contributed by atoms with Gasteiger partial charge in [0.1, 0.15) is 13.2 Å². The molecule has 0 aliphatic carbocycles. The molecule has 398 valence electrons. The summed E-state index contributed by atoms with van der Waals surface area (Å²) >= 11 is 0. The molecule has 0 rings (SSSR count). The lowest BCUT2D eigenvalue weighted by atomic mass is 10.1. The Morgan fingerprint density at radius 3 is 0.915 bits per heavy atom. The maximum atomic E-state index is 12.8. The average Bonchev–Trinajstić information content (AvgIpc) is 3.37. The fraction of sp³-hybridized carbons (Fsp3) is 0.585. The van der Waals surface area contributed by atoms with Gasteiger partial charge in [0.25, 0.3) is 0 Å². The Kier molecular flexibility index (Phi) is 54.0. The Balaban J connectivity index is 4.58. The first-order chi connectivity index (χ1) is 35.0. The van der Waals surface area contributed by atoms with Gasteiger partial charge in [0.15, 0.2) is 6.10 Å². The molecule has 6 heteroatoms. The van der Waals surface area contributed by atoms with E-state index in [9.17, 15) is 14.4 Å². The molecule has 0 N–H and O–H groups in total. The summed E-state index contributed by atoms with van der Waals surface area (Å²) in [6.45, 7) is 6.29. The summed E-state index contributed by atoms with van der Waals surface area (Å²) in [5.74, 6) is -1.03. The van der Waals surface area contributed by atoms with Crippen molar-refractivity contribution < 1.29 is 28.6 Å². The van der Waals surface area contributed by atoms with Gasteiger partial charge in [-0.2, -0.15) is 0 Å². The molecule has 0 aromatic carbocycles. The summed E-state index contributed by atoms with van der Waals surface area (Å²) < 4.78 is 16.8. The standard InChI is InChI=1S/C65H102O6/c1-4-7-10-13-16-19-22-25-28-31-32-35-37-40-43-46-49-52-55-58-64(67)70-61-62(71-65(68)59-56-53-50-47-44-41-38-34-30-27-24-21-18-15-12-9-6-3)60-69-63(66)57-54-51-48-45-42-39-36-33-29-26-23-20-17-14-11-8-5-2/h7,9-10,12,16-21,25-30,32,35,38,40-41,43,47,50,62H,4-6,8,11,13-15,22-24,31,33-34,36-37,39,42,44-46,48-49,51-61H2,1-3H3/b10-7+,12-9+,19-16+,20-17+,21-18+,28-25+,29-26+,30-27+,35-32+,41-38+,43-40+,50-47+/t62-/m1/s1. The van der Waals surface area contributed by atoms with Gasteiger partial charge in [-0.3, -0.25) is 14.4 Å². The van der Waals surface area contributed by atoms with Crippen molar-refractivity contribution in [2.45, 2.75) is 232 Å². The van der Waals surface area contributed by atoms with E-state index in [1.165, 1.54) is 51.4 Å². The minimum absolute atomic E-state index is 0.121. The summed E-state index contributed by atoms with van der Waals surface area (Å²) in [4.78, 5) is 38.2. The van der Waals surface area contributed by atoms with Gasteiger partial charge >= 0.3 is 17.9 Å². The predicted molar refractivity (Wildman–Crippen MR) is 306 cm³/mol. The molecule has 0 amide bonds. The second-order valence-corrected chi connectivity index (χ2v) is 18.1. The number of hydrogen-bond acceptors (Lipinski definition) is 6. The molecular formula is C65H102O6. The summed E-state index contributed by atoms with van der Waals surface area (Å²) in [7, 11) is 0. The van der Waals surface area contributed by atoms with Crippen LogP contribution in [0.3, 0.4) is 0 Å². The van der Waals surface area contributed by atoms with Crippen molar-refractivity contribution in [3.63, 3.8) is 0 Å². The highest BCUT2D eigenvalue weighted by Gasteiger charge is 2.19. The summed E-state index contributed by atoms with van der Waals surface area (Å²) in [6, 6.07) is 0. The third-order valence-corrected chi connectivity index (χ3v) is 11.3. The fourth-order valence-corrected chi connectivity index (χ4v) is 7.12. The molecule has 0 radical (unpaired) electrons. The van der Waals surface area contributed by atoms with E-state index >= 15 is 0 Å². The average molecular weight is 980 g/mol. The van der Waals surface area contributed by atoms with Crippen LogP contribution in [0.2, 0.25) is 0 Å². The van der Waals surface area contributed by atoms with Crippen LogP contribution in [0, 0.1) is 0 Å². The van der Waals surface area contributed by atoms with Crippen LogP contribution in [-0.4, -0.2) is 37.2 Å². The first-order valence-electron chi connectivity index (χ1n) is 28.3. The van der Waals surface area contributed by atoms with Crippen molar-refractivity contribution in [2.75, 3.05) is 13.2 Å². The molecule has 0 heterocycles. The number of carbonyl (C=O) groups excluding carboxylic acids is 3. The van der Waals surface area contributed by atoms with E-state index in [-0.39, 0.29) is 37.5 Å². The number of rotatable bonds is 49. The van der Waals surface area contributed by atoms with E-state index in [4.69, 9.17) is 14.2 Å². The van der Waals surface area contributed by atoms with E-state index in [2.05, 4.69) is 167 Å². The van der Waals surface area contributed by atoms with Gasteiger partial charge in [-0.05, 0) is 135 Å². The van der Waals surface area contributed by atoms with E-state index in [1.54, 1.807) is 0 Å². The van der Waals surface area contributed by atoms with Crippen molar-refractivity contribution in [3.8, 4) is 0 Å². The van der Waals surface area contributed by atoms with Crippen molar-refractivity contribution >= 4 is 17.9 Å². The largest absolute Gasteiger partial charge is 0.462 e. The SMILES string of the molecule is CC/C=C/C/C=C/C/C=C/C/C=C/C/C=C/CCCCCC(=O)OC[C@@H](COC(=O)CCCCCCCCC/C=C/C/C=C/CCCCC)OC(=O)CCC/C=C/C/C=C/C/C=C/C/C=C/C/C=C/CC. The number of ether oxygens (including phenoxy) is 3. The smallest absolute Gasteiger partial charge is 0.306 e. The normalized spacial score (nSPS) is 13.2. The first kappa shape index (κ1) is 66.3. The number of esters is 3. The van der Waals surface area contributed by atoms with Crippen LogP contribution in [0.5, 0.6) is 0 Å². The molecule has 0 aromatic heterocycles. The van der Waals surface area contributed by atoms with E-state index in [0.29, 0.717) is 19.3 Å². The molecular weight excluding hydrogens is 877 g/mol. The third-order valence-electron chi connectivity index (χ3n) is 11.3. The molecule has 0 saturated carbocycles. The molecule has 0 spiro atoms. The lowest BCUT2D eigenvalue weighted by Gasteiger charge is -2.18. The Labute approximate surface area is 436 Å². The molecule has 0 saturated heterocycles. The number of allylic oxidation sites excluding steroid dienone is 24. The zero-order valence-corrected chi connectivity index (χ0v) is 45.4. The van der Waals surface area contributed by atoms with Crippen LogP contribution >= 0.6 is 0 Å². The van der Waals surface area contributed by atoms with Gasteiger partial charge in [0.2, 0.25) is 0 Å². The van der Waals surface area contributed by atoms with Crippen LogP contribution in [0.4, 0.5) is 0 Å². The molecule has 1 atom stereocenters. The zero-order chi connectivity index (χ0) is 51.4. The van der Waals surface area contributed by atoms with Gasteiger partial charge in [0.05, 0.1) is 0 Å². The number of unbranched alkanes of at least 4 members (excludes halogenated alkanes) is 14. The molecule has 0 fully saturated rings. The van der Waals surface area contributed by atoms with Crippen LogP contribution in [0.15, 0.2) is 146 Å². The van der Waals surface area contributed by atoms with E-state index < -0.39 is 6.10 Å². The van der Waals surface area contributed by atoms with Gasteiger partial charge in [0, 0.05) is 19.3 Å². The Hall–Kier alpha value is -4.71. The summed E-state index contributed by atoms with van der Waals surface area (Å²) in [6.07, 6.45) is 82.6. The minimum Gasteiger partial charge on any atom is -0.462 e.